The molecule has 0 amide bonds. The Morgan fingerprint density at radius 2 is 1.14 bits per heavy atom. The molecule has 2 aromatic carbocycles. The molecule has 0 bridgehead atoms. The molecule has 0 fully saturated rings. The molecule has 4 nitrogen and oxygen atoms in total. The Labute approximate surface area is 129 Å². The van der Waals surface area contributed by atoms with Gasteiger partial charge in [0, 0.05) is 34.3 Å². The molecule has 0 aromatic heterocycles. The van der Waals surface area contributed by atoms with Gasteiger partial charge in [0.1, 0.15) is 0 Å². The summed E-state index contributed by atoms with van der Waals surface area (Å²) in [6.45, 7) is 3.61. The van der Waals surface area contributed by atoms with Crippen molar-refractivity contribution < 1.29 is 9.59 Å². The average molecular weight is 294 g/mol. The van der Waals surface area contributed by atoms with E-state index >= 15 is 0 Å². The van der Waals surface area contributed by atoms with E-state index in [1.54, 1.807) is 50.2 Å². The lowest BCUT2D eigenvalue weighted by molar-refractivity contribution is 0.0977. The van der Waals surface area contributed by atoms with Gasteiger partial charge in [-0.25, -0.2) is 0 Å². The van der Waals surface area contributed by atoms with Crippen LogP contribution in [0.1, 0.15) is 68.9 Å². The zero-order chi connectivity index (χ0) is 16.0. The van der Waals surface area contributed by atoms with Gasteiger partial charge in [-0.15, -0.1) is 0 Å². The van der Waals surface area contributed by atoms with Crippen LogP contribution < -0.4 is 11.5 Å². The van der Waals surface area contributed by atoms with E-state index in [4.69, 9.17) is 11.5 Å². The van der Waals surface area contributed by atoms with Crippen molar-refractivity contribution >= 4 is 11.6 Å². The van der Waals surface area contributed by atoms with Crippen LogP contribution >= 0.6 is 0 Å². The van der Waals surface area contributed by atoms with Gasteiger partial charge >= 0.3 is 0 Å². The van der Waals surface area contributed by atoms with Crippen molar-refractivity contribution in [2.75, 3.05) is 0 Å². The normalized spacial score (nSPS) is 16.0. The van der Waals surface area contributed by atoms with E-state index in [-0.39, 0.29) is 23.7 Å². The first kappa shape index (κ1) is 14.6. The molecular formula is C18H18N2O2. The molecule has 0 saturated carbocycles. The van der Waals surface area contributed by atoms with Crippen molar-refractivity contribution in [2.24, 2.45) is 11.5 Å². The summed E-state index contributed by atoms with van der Waals surface area (Å²) in [5.41, 5.74) is 15.0. The minimum absolute atomic E-state index is 0.144. The number of fused-ring (bicyclic) bond motifs is 2. The average Bonchev–Trinajstić information content (AvgIpc) is 2.51. The standard InChI is InChI=1S/C18H18N2O2/c1-9(19)11-5-3-7-13-15(11)18(22)16-12(10(2)20)6-4-8-14(16)17(13)21/h3-10H,19-20H2,1-2H3. The Bertz CT molecular complexity index is 728. The summed E-state index contributed by atoms with van der Waals surface area (Å²) in [6.07, 6.45) is 0. The molecule has 4 heteroatoms. The Kier molecular flexibility index (Phi) is 3.43. The SMILES string of the molecule is CC(N)c1cccc2c1C(=O)c1c(cccc1C(C)N)C2=O. The molecule has 0 saturated heterocycles. The molecule has 2 unspecified atom stereocenters. The maximum atomic E-state index is 13.0. The molecule has 0 heterocycles. The van der Waals surface area contributed by atoms with Gasteiger partial charge in [-0.1, -0.05) is 36.4 Å². The molecule has 22 heavy (non-hydrogen) atoms. The topological polar surface area (TPSA) is 86.2 Å². The van der Waals surface area contributed by atoms with Crippen LogP contribution in [0.15, 0.2) is 36.4 Å². The quantitative estimate of drug-likeness (QED) is 0.760. The molecule has 1 aliphatic carbocycles. The highest BCUT2D eigenvalue weighted by molar-refractivity contribution is 6.29. The van der Waals surface area contributed by atoms with Crippen molar-refractivity contribution in [2.45, 2.75) is 25.9 Å². The second kappa shape index (κ2) is 5.16. The molecule has 112 valence electrons. The predicted molar refractivity (Wildman–Crippen MR) is 85.0 cm³/mol. The van der Waals surface area contributed by atoms with Crippen LogP contribution in [-0.2, 0) is 0 Å². The maximum absolute atomic E-state index is 13.0. The zero-order valence-corrected chi connectivity index (χ0v) is 12.6. The van der Waals surface area contributed by atoms with Crippen molar-refractivity contribution in [3.8, 4) is 0 Å². The van der Waals surface area contributed by atoms with E-state index < -0.39 is 0 Å². The molecule has 0 spiro atoms. The predicted octanol–water partition coefficient (Wildman–Crippen LogP) is 2.50. The number of rotatable bonds is 2. The summed E-state index contributed by atoms with van der Waals surface area (Å²) in [6, 6.07) is 9.85. The van der Waals surface area contributed by atoms with Gasteiger partial charge in [-0.3, -0.25) is 9.59 Å². The smallest absolute Gasteiger partial charge is 0.195 e. The Balaban J connectivity index is 2.34. The van der Waals surface area contributed by atoms with E-state index in [1.807, 2.05) is 0 Å². The molecule has 2 atom stereocenters. The molecule has 2 aromatic rings. The minimum Gasteiger partial charge on any atom is -0.324 e. The van der Waals surface area contributed by atoms with Crippen LogP contribution in [0.2, 0.25) is 0 Å². The largest absolute Gasteiger partial charge is 0.324 e. The first-order valence-electron chi connectivity index (χ1n) is 7.29. The maximum Gasteiger partial charge on any atom is 0.195 e. The van der Waals surface area contributed by atoms with Gasteiger partial charge in [0.05, 0.1) is 0 Å². The molecule has 4 N–H and O–H groups in total. The Hall–Kier alpha value is -2.30. The van der Waals surface area contributed by atoms with Crippen molar-refractivity contribution in [1.29, 1.82) is 0 Å². The van der Waals surface area contributed by atoms with E-state index in [0.29, 0.717) is 33.4 Å². The molecule has 3 rings (SSSR count). The summed E-state index contributed by atoms with van der Waals surface area (Å²) in [5.74, 6) is -0.306. The Morgan fingerprint density at radius 1 is 0.727 bits per heavy atom. The van der Waals surface area contributed by atoms with Gasteiger partial charge < -0.3 is 11.5 Å². The van der Waals surface area contributed by atoms with E-state index in [0.717, 1.165) is 0 Å². The van der Waals surface area contributed by atoms with Crippen LogP contribution in [0.25, 0.3) is 0 Å². The van der Waals surface area contributed by atoms with Crippen molar-refractivity contribution in [3.63, 3.8) is 0 Å². The van der Waals surface area contributed by atoms with Gasteiger partial charge in [0.15, 0.2) is 11.6 Å². The third-order valence-electron chi connectivity index (χ3n) is 4.12. The summed E-state index contributed by atoms with van der Waals surface area (Å²) in [4.78, 5) is 25.8. The first-order chi connectivity index (χ1) is 10.4. The number of ketones is 2. The minimum atomic E-state index is -0.323. The van der Waals surface area contributed by atoms with Gasteiger partial charge in [0.25, 0.3) is 0 Å². The number of benzene rings is 2. The van der Waals surface area contributed by atoms with Crippen LogP contribution in [0, 0.1) is 0 Å². The molecule has 0 radical (unpaired) electrons. The number of nitrogens with two attached hydrogens (primary N) is 2. The number of hydrogen-bond donors (Lipinski definition) is 2. The highest BCUT2D eigenvalue weighted by atomic mass is 16.1. The van der Waals surface area contributed by atoms with E-state index in [1.165, 1.54) is 0 Å². The second-order valence-electron chi connectivity index (χ2n) is 5.78. The fourth-order valence-corrected chi connectivity index (χ4v) is 3.05. The number of carbonyl (C=O) groups is 2. The fraction of sp³-hybridized carbons (Fsp3) is 0.222. The van der Waals surface area contributed by atoms with Crippen molar-refractivity contribution in [1.82, 2.24) is 0 Å². The monoisotopic (exact) mass is 294 g/mol. The molecular weight excluding hydrogens is 276 g/mol. The summed E-state index contributed by atoms with van der Waals surface area (Å²) >= 11 is 0. The van der Waals surface area contributed by atoms with Crippen molar-refractivity contribution in [3.05, 3.63) is 69.8 Å². The highest BCUT2D eigenvalue weighted by Gasteiger charge is 2.34. The Morgan fingerprint density at radius 3 is 1.50 bits per heavy atom. The van der Waals surface area contributed by atoms with Crippen LogP contribution in [0.3, 0.4) is 0 Å². The summed E-state index contributed by atoms with van der Waals surface area (Å²) < 4.78 is 0. The fourth-order valence-electron chi connectivity index (χ4n) is 3.05. The third kappa shape index (κ3) is 2.00. The lowest BCUT2D eigenvalue weighted by Crippen LogP contribution is -2.27. The third-order valence-corrected chi connectivity index (χ3v) is 4.12. The van der Waals surface area contributed by atoms with Crippen LogP contribution in [0.5, 0.6) is 0 Å². The van der Waals surface area contributed by atoms with E-state index in [9.17, 15) is 9.59 Å². The number of hydrogen-bond acceptors (Lipinski definition) is 4. The molecule has 0 aliphatic heterocycles. The van der Waals surface area contributed by atoms with Gasteiger partial charge in [0.2, 0.25) is 0 Å². The first-order valence-corrected chi connectivity index (χ1v) is 7.29. The van der Waals surface area contributed by atoms with E-state index in [2.05, 4.69) is 0 Å². The number of carbonyl (C=O) groups excluding carboxylic acids is 2. The summed E-state index contributed by atoms with van der Waals surface area (Å²) in [5, 5.41) is 0. The zero-order valence-electron chi connectivity index (χ0n) is 12.6. The van der Waals surface area contributed by atoms with Gasteiger partial charge in [-0.2, -0.15) is 0 Å². The summed E-state index contributed by atoms with van der Waals surface area (Å²) in [7, 11) is 0. The van der Waals surface area contributed by atoms with Crippen LogP contribution in [0.4, 0.5) is 0 Å². The lowest BCUT2D eigenvalue weighted by atomic mass is 9.78. The van der Waals surface area contributed by atoms with Crippen LogP contribution in [-0.4, -0.2) is 11.6 Å². The van der Waals surface area contributed by atoms with Gasteiger partial charge in [-0.05, 0) is 25.0 Å². The second-order valence-corrected chi connectivity index (χ2v) is 5.78. The lowest BCUT2D eigenvalue weighted by Gasteiger charge is -2.24. The molecule has 1 aliphatic rings. The highest BCUT2D eigenvalue weighted by Crippen LogP contribution is 2.34.